The second kappa shape index (κ2) is 4.82. The molecule has 1 aromatic rings. The van der Waals surface area contributed by atoms with Crippen LogP contribution in [0.2, 0.25) is 0 Å². The molecule has 1 aromatic carbocycles. The number of rotatable bonds is 2. The summed E-state index contributed by atoms with van der Waals surface area (Å²) in [6, 6.07) is 5.75. The summed E-state index contributed by atoms with van der Waals surface area (Å²) >= 11 is 0. The third kappa shape index (κ3) is 3.25. The SMILES string of the molecule is CN(C(=O)C(C)(C)C)c1ccc(C(F)F)cc1. The molecule has 0 saturated heterocycles. The van der Waals surface area contributed by atoms with Crippen molar-refractivity contribution in [2.24, 2.45) is 5.41 Å². The van der Waals surface area contributed by atoms with Crippen LogP contribution in [0.15, 0.2) is 24.3 Å². The molecule has 0 aliphatic heterocycles. The van der Waals surface area contributed by atoms with Gasteiger partial charge in [0.25, 0.3) is 6.43 Å². The van der Waals surface area contributed by atoms with E-state index in [9.17, 15) is 13.6 Å². The molecule has 94 valence electrons. The molecule has 0 saturated carbocycles. The van der Waals surface area contributed by atoms with Gasteiger partial charge in [-0.3, -0.25) is 4.79 Å². The molecule has 17 heavy (non-hydrogen) atoms. The Morgan fingerprint density at radius 2 is 1.65 bits per heavy atom. The molecular weight excluding hydrogens is 224 g/mol. The fourth-order valence-electron chi connectivity index (χ4n) is 1.46. The van der Waals surface area contributed by atoms with Crippen LogP contribution < -0.4 is 4.90 Å². The molecule has 0 atom stereocenters. The fraction of sp³-hybridized carbons (Fsp3) is 0.462. The van der Waals surface area contributed by atoms with Crippen molar-refractivity contribution in [1.29, 1.82) is 0 Å². The van der Waals surface area contributed by atoms with Gasteiger partial charge in [0.05, 0.1) is 0 Å². The fourth-order valence-corrected chi connectivity index (χ4v) is 1.46. The predicted molar refractivity (Wildman–Crippen MR) is 64.3 cm³/mol. The van der Waals surface area contributed by atoms with Crippen molar-refractivity contribution in [3.05, 3.63) is 29.8 Å². The topological polar surface area (TPSA) is 20.3 Å². The van der Waals surface area contributed by atoms with Gasteiger partial charge in [0.1, 0.15) is 0 Å². The average molecular weight is 241 g/mol. The second-order valence-electron chi connectivity index (χ2n) is 5.01. The Hall–Kier alpha value is -1.45. The first-order valence-corrected chi connectivity index (χ1v) is 5.40. The van der Waals surface area contributed by atoms with Gasteiger partial charge in [0, 0.05) is 23.7 Å². The number of hydrogen-bond donors (Lipinski definition) is 0. The van der Waals surface area contributed by atoms with Crippen molar-refractivity contribution in [3.63, 3.8) is 0 Å². The molecule has 0 unspecified atom stereocenters. The van der Waals surface area contributed by atoms with E-state index in [0.29, 0.717) is 5.69 Å². The predicted octanol–water partition coefficient (Wildman–Crippen LogP) is 3.63. The Balaban J connectivity index is 2.91. The van der Waals surface area contributed by atoms with E-state index in [4.69, 9.17) is 0 Å². The Kier molecular flexibility index (Phi) is 3.86. The molecular formula is C13H17F2NO. The van der Waals surface area contributed by atoms with E-state index < -0.39 is 11.8 Å². The summed E-state index contributed by atoms with van der Waals surface area (Å²) < 4.78 is 24.7. The molecule has 0 N–H and O–H groups in total. The van der Waals surface area contributed by atoms with Crippen molar-refractivity contribution in [3.8, 4) is 0 Å². The van der Waals surface area contributed by atoms with Gasteiger partial charge in [-0.05, 0) is 12.1 Å². The van der Waals surface area contributed by atoms with E-state index in [1.807, 2.05) is 20.8 Å². The Labute approximate surface area is 100 Å². The summed E-state index contributed by atoms with van der Waals surface area (Å²) in [6.07, 6.45) is -2.48. The highest BCUT2D eigenvalue weighted by Crippen LogP contribution is 2.25. The van der Waals surface area contributed by atoms with Gasteiger partial charge in [0.2, 0.25) is 5.91 Å². The molecule has 2 nitrogen and oxygen atoms in total. The monoisotopic (exact) mass is 241 g/mol. The molecule has 4 heteroatoms. The molecule has 1 amide bonds. The first-order chi connectivity index (χ1) is 7.73. The molecule has 0 spiro atoms. The molecule has 0 heterocycles. The maximum Gasteiger partial charge on any atom is 0.263 e. The zero-order valence-corrected chi connectivity index (χ0v) is 10.5. The summed E-state index contributed by atoms with van der Waals surface area (Å²) in [5.74, 6) is -0.0534. The van der Waals surface area contributed by atoms with E-state index in [0.717, 1.165) is 0 Å². The standard InChI is InChI=1S/C13H17F2NO/c1-13(2,3)12(17)16(4)10-7-5-9(6-8-10)11(14)15/h5-8,11H,1-4H3. The number of anilines is 1. The summed E-state index contributed by atoms with van der Waals surface area (Å²) in [4.78, 5) is 13.4. The van der Waals surface area contributed by atoms with Gasteiger partial charge in [-0.1, -0.05) is 32.9 Å². The number of alkyl halides is 2. The van der Waals surface area contributed by atoms with Gasteiger partial charge in [-0.15, -0.1) is 0 Å². The number of carbonyl (C=O) groups is 1. The van der Waals surface area contributed by atoms with E-state index in [-0.39, 0.29) is 11.5 Å². The minimum absolute atomic E-state index is 0.0367. The molecule has 0 aliphatic carbocycles. The first kappa shape index (κ1) is 13.6. The molecule has 0 bridgehead atoms. The lowest BCUT2D eigenvalue weighted by molar-refractivity contribution is -0.125. The van der Waals surface area contributed by atoms with E-state index in [1.54, 1.807) is 7.05 Å². The van der Waals surface area contributed by atoms with Crippen LogP contribution in [0.4, 0.5) is 14.5 Å². The highest BCUT2D eigenvalue weighted by atomic mass is 19.3. The van der Waals surface area contributed by atoms with Crippen molar-refractivity contribution in [2.75, 3.05) is 11.9 Å². The smallest absolute Gasteiger partial charge is 0.263 e. The van der Waals surface area contributed by atoms with Gasteiger partial charge >= 0.3 is 0 Å². The van der Waals surface area contributed by atoms with E-state index in [2.05, 4.69) is 0 Å². The van der Waals surface area contributed by atoms with Crippen LogP contribution >= 0.6 is 0 Å². The molecule has 0 aliphatic rings. The highest BCUT2D eigenvalue weighted by molar-refractivity contribution is 5.96. The van der Waals surface area contributed by atoms with Crippen LogP contribution in [-0.2, 0) is 4.79 Å². The number of hydrogen-bond acceptors (Lipinski definition) is 1. The zero-order chi connectivity index (χ0) is 13.2. The maximum atomic E-state index is 12.4. The average Bonchev–Trinajstić information content (AvgIpc) is 2.26. The Morgan fingerprint density at radius 3 is 2.00 bits per heavy atom. The lowest BCUT2D eigenvalue weighted by Crippen LogP contribution is -2.36. The van der Waals surface area contributed by atoms with Crippen LogP contribution in [-0.4, -0.2) is 13.0 Å². The van der Waals surface area contributed by atoms with Gasteiger partial charge in [0.15, 0.2) is 0 Å². The van der Waals surface area contributed by atoms with Crippen molar-refractivity contribution >= 4 is 11.6 Å². The summed E-state index contributed by atoms with van der Waals surface area (Å²) in [5.41, 5.74) is 0.0931. The van der Waals surface area contributed by atoms with E-state index >= 15 is 0 Å². The summed E-state index contributed by atoms with van der Waals surface area (Å²) in [5, 5.41) is 0. The Bertz CT molecular complexity index is 393. The van der Waals surface area contributed by atoms with Crippen LogP contribution in [0.3, 0.4) is 0 Å². The van der Waals surface area contributed by atoms with Crippen LogP contribution in [0.1, 0.15) is 32.8 Å². The number of carbonyl (C=O) groups excluding carboxylic acids is 1. The minimum atomic E-state index is -2.48. The van der Waals surface area contributed by atoms with Crippen LogP contribution in [0, 0.1) is 5.41 Å². The van der Waals surface area contributed by atoms with Gasteiger partial charge in [-0.2, -0.15) is 0 Å². The summed E-state index contributed by atoms with van der Waals surface area (Å²) in [7, 11) is 1.64. The van der Waals surface area contributed by atoms with Gasteiger partial charge in [-0.25, -0.2) is 8.78 Å². The molecule has 0 aromatic heterocycles. The normalized spacial score (nSPS) is 11.7. The molecule has 0 radical (unpaired) electrons. The largest absolute Gasteiger partial charge is 0.315 e. The number of amides is 1. The second-order valence-corrected chi connectivity index (χ2v) is 5.01. The number of benzene rings is 1. The van der Waals surface area contributed by atoms with Gasteiger partial charge < -0.3 is 4.90 Å². The van der Waals surface area contributed by atoms with Crippen molar-refractivity contribution in [1.82, 2.24) is 0 Å². The molecule has 0 fully saturated rings. The van der Waals surface area contributed by atoms with Crippen molar-refractivity contribution < 1.29 is 13.6 Å². The quantitative estimate of drug-likeness (QED) is 0.774. The lowest BCUT2D eigenvalue weighted by atomic mass is 9.94. The van der Waals surface area contributed by atoms with Crippen molar-refractivity contribution in [2.45, 2.75) is 27.2 Å². The van der Waals surface area contributed by atoms with Crippen LogP contribution in [0.5, 0.6) is 0 Å². The molecule has 1 rings (SSSR count). The third-order valence-corrected chi connectivity index (χ3v) is 2.48. The maximum absolute atomic E-state index is 12.4. The zero-order valence-electron chi connectivity index (χ0n) is 10.5. The van der Waals surface area contributed by atoms with E-state index in [1.165, 1.54) is 29.2 Å². The highest BCUT2D eigenvalue weighted by Gasteiger charge is 2.25. The third-order valence-electron chi connectivity index (χ3n) is 2.48. The number of halogens is 2. The Morgan fingerprint density at radius 1 is 1.18 bits per heavy atom. The minimum Gasteiger partial charge on any atom is -0.315 e. The van der Waals surface area contributed by atoms with Crippen LogP contribution in [0.25, 0.3) is 0 Å². The first-order valence-electron chi connectivity index (χ1n) is 5.40. The number of nitrogens with zero attached hydrogens (tertiary/aromatic N) is 1. The lowest BCUT2D eigenvalue weighted by Gasteiger charge is -2.26. The summed E-state index contributed by atoms with van der Waals surface area (Å²) in [6.45, 7) is 5.46.